The van der Waals surface area contributed by atoms with Gasteiger partial charge in [-0.25, -0.2) is 9.97 Å². The van der Waals surface area contributed by atoms with Crippen LogP contribution in [0.15, 0.2) is 24.8 Å². The highest BCUT2D eigenvalue weighted by Crippen LogP contribution is 2.24. The van der Waals surface area contributed by atoms with E-state index < -0.39 is 0 Å². The van der Waals surface area contributed by atoms with E-state index in [1.54, 1.807) is 23.4 Å². The summed E-state index contributed by atoms with van der Waals surface area (Å²) in [6.07, 6.45) is 7.05. The maximum atomic E-state index is 12.2. The number of aryl methyl sites for hydroxylation is 1. The van der Waals surface area contributed by atoms with E-state index in [1.807, 2.05) is 7.05 Å². The van der Waals surface area contributed by atoms with Crippen molar-refractivity contribution in [3.05, 3.63) is 30.4 Å². The van der Waals surface area contributed by atoms with Gasteiger partial charge in [0.2, 0.25) is 0 Å². The Morgan fingerprint density at radius 1 is 1.14 bits per heavy atom. The van der Waals surface area contributed by atoms with Crippen molar-refractivity contribution in [1.29, 1.82) is 0 Å². The molecule has 0 aliphatic carbocycles. The average molecular weight is 385 g/mol. The van der Waals surface area contributed by atoms with Crippen LogP contribution in [0.2, 0.25) is 0 Å². The Bertz CT molecular complexity index is 795. The third kappa shape index (κ3) is 4.41. The Balaban J connectivity index is 1.27. The number of nitrogens with zero attached hydrogens (tertiary/aromatic N) is 6. The van der Waals surface area contributed by atoms with E-state index in [-0.39, 0.29) is 5.91 Å². The van der Waals surface area contributed by atoms with E-state index >= 15 is 0 Å². The van der Waals surface area contributed by atoms with Gasteiger partial charge in [0.05, 0.1) is 25.0 Å². The number of anilines is 2. The molecule has 2 saturated heterocycles. The summed E-state index contributed by atoms with van der Waals surface area (Å²) >= 11 is 0. The van der Waals surface area contributed by atoms with Crippen LogP contribution in [-0.4, -0.2) is 71.6 Å². The van der Waals surface area contributed by atoms with Gasteiger partial charge in [0.25, 0.3) is 5.91 Å². The summed E-state index contributed by atoms with van der Waals surface area (Å²) < 4.78 is 7.06. The molecule has 0 saturated carbocycles. The third-order valence-electron chi connectivity index (χ3n) is 5.43. The number of aromatic nitrogens is 4. The van der Waals surface area contributed by atoms with Crippen LogP contribution in [0.4, 0.5) is 11.6 Å². The number of morpholine rings is 1. The molecule has 0 spiro atoms. The fourth-order valence-electron chi connectivity index (χ4n) is 3.72. The first kappa shape index (κ1) is 18.7. The van der Waals surface area contributed by atoms with Crippen LogP contribution in [0.5, 0.6) is 0 Å². The molecule has 150 valence electrons. The summed E-state index contributed by atoms with van der Waals surface area (Å²) in [5, 5.41) is 7.08. The van der Waals surface area contributed by atoms with Crippen molar-refractivity contribution in [3.8, 4) is 0 Å². The summed E-state index contributed by atoms with van der Waals surface area (Å²) in [6, 6.07) is 2.08. The van der Waals surface area contributed by atoms with Gasteiger partial charge in [0, 0.05) is 52.0 Å². The Morgan fingerprint density at radius 2 is 1.82 bits per heavy atom. The van der Waals surface area contributed by atoms with Crippen LogP contribution in [0.25, 0.3) is 0 Å². The van der Waals surface area contributed by atoms with Gasteiger partial charge in [-0.2, -0.15) is 5.10 Å². The van der Waals surface area contributed by atoms with E-state index in [2.05, 4.69) is 36.2 Å². The van der Waals surface area contributed by atoms with Crippen molar-refractivity contribution < 1.29 is 9.53 Å². The van der Waals surface area contributed by atoms with Gasteiger partial charge in [0.15, 0.2) is 0 Å². The maximum absolute atomic E-state index is 12.2. The number of carbonyl (C=O) groups is 1. The maximum Gasteiger partial charge on any atom is 0.254 e. The number of rotatable bonds is 5. The van der Waals surface area contributed by atoms with E-state index in [1.165, 1.54) is 0 Å². The minimum atomic E-state index is -0.0542. The van der Waals surface area contributed by atoms with Crippen LogP contribution < -0.4 is 15.1 Å². The highest BCUT2D eigenvalue weighted by Gasteiger charge is 2.22. The molecule has 9 nitrogen and oxygen atoms in total. The quantitative estimate of drug-likeness (QED) is 0.810. The molecular formula is C19H27N7O2. The van der Waals surface area contributed by atoms with Crippen molar-refractivity contribution >= 4 is 17.5 Å². The van der Waals surface area contributed by atoms with Crippen LogP contribution in [0.1, 0.15) is 23.2 Å². The number of piperidine rings is 1. The van der Waals surface area contributed by atoms with Gasteiger partial charge in [-0.05, 0) is 18.8 Å². The van der Waals surface area contributed by atoms with Crippen LogP contribution in [0.3, 0.4) is 0 Å². The van der Waals surface area contributed by atoms with Crippen molar-refractivity contribution in [2.75, 3.05) is 55.7 Å². The van der Waals surface area contributed by atoms with E-state index in [0.29, 0.717) is 18.0 Å². The number of amides is 1. The largest absolute Gasteiger partial charge is 0.378 e. The zero-order valence-corrected chi connectivity index (χ0v) is 16.3. The van der Waals surface area contributed by atoms with Gasteiger partial charge in [0.1, 0.15) is 18.0 Å². The van der Waals surface area contributed by atoms with Gasteiger partial charge in [-0.15, -0.1) is 0 Å². The Kier molecular flexibility index (Phi) is 5.70. The molecule has 2 aromatic rings. The number of carbonyl (C=O) groups excluding carboxylic acids is 1. The fraction of sp³-hybridized carbons (Fsp3) is 0.579. The second-order valence-corrected chi connectivity index (χ2v) is 7.38. The summed E-state index contributed by atoms with van der Waals surface area (Å²) in [7, 11) is 1.81. The highest BCUT2D eigenvalue weighted by molar-refractivity contribution is 5.93. The molecule has 2 aliphatic heterocycles. The number of hydrogen-bond donors (Lipinski definition) is 1. The molecule has 0 unspecified atom stereocenters. The van der Waals surface area contributed by atoms with Gasteiger partial charge in [-0.1, -0.05) is 0 Å². The predicted molar refractivity (Wildman–Crippen MR) is 106 cm³/mol. The lowest BCUT2D eigenvalue weighted by atomic mass is 9.96. The highest BCUT2D eigenvalue weighted by atomic mass is 16.5. The summed E-state index contributed by atoms with van der Waals surface area (Å²) in [5.74, 6) is 2.38. The summed E-state index contributed by atoms with van der Waals surface area (Å²) in [6.45, 7) is 5.81. The Hall–Kier alpha value is -2.68. The summed E-state index contributed by atoms with van der Waals surface area (Å²) in [4.78, 5) is 25.6. The molecule has 28 heavy (non-hydrogen) atoms. The van der Waals surface area contributed by atoms with E-state index in [4.69, 9.17) is 4.74 Å². The molecule has 0 radical (unpaired) electrons. The molecule has 0 bridgehead atoms. The number of ether oxygens (including phenoxy) is 1. The molecule has 4 heterocycles. The molecular weight excluding hydrogens is 358 g/mol. The lowest BCUT2D eigenvalue weighted by Crippen LogP contribution is -2.39. The first-order valence-corrected chi connectivity index (χ1v) is 9.85. The van der Waals surface area contributed by atoms with Gasteiger partial charge in [-0.3, -0.25) is 9.48 Å². The van der Waals surface area contributed by atoms with Crippen LogP contribution in [0, 0.1) is 5.92 Å². The van der Waals surface area contributed by atoms with E-state index in [0.717, 1.165) is 63.9 Å². The van der Waals surface area contributed by atoms with Crippen molar-refractivity contribution in [2.24, 2.45) is 13.0 Å². The first-order valence-electron chi connectivity index (χ1n) is 9.85. The Morgan fingerprint density at radius 3 is 2.46 bits per heavy atom. The van der Waals surface area contributed by atoms with Crippen molar-refractivity contribution in [3.63, 3.8) is 0 Å². The molecule has 1 amide bonds. The summed E-state index contributed by atoms with van der Waals surface area (Å²) in [5.41, 5.74) is 0.608. The molecule has 2 aromatic heterocycles. The number of hydrogen-bond acceptors (Lipinski definition) is 7. The van der Waals surface area contributed by atoms with E-state index in [9.17, 15) is 4.79 Å². The minimum Gasteiger partial charge on any atom is -0.378 e. The van der Waals surface area contributed by atoms with Crippen LogP contribution in [-0.2, 0) is 11.8 Å². The van der Waals surface area contributed by atoms with Crippen LogP contribution >= 0.6 is 0 Å². The lowest BCUT2D eigenvalue weighted by Gasteiger charge is -2.33. The topological polar surface area (TPSA) is 88.4 Å². The fourth-order valence-corrected chi connectivity index (χ4v) is 3.72. The molecule has 4 rings (SSSR count). The zero-order valence-electron chi connectivity index (χ0n) is 16.3. The van der Waals surface area contributed by atoms with Crippen molar-refractivity contribution in [1.82, 2.24) is 25.1 Å². The zero-order chi connectivity index (χ0) is 19.3. The monoisotopic (exact) mass is 385 g/mol. The second-order valence-electron chi connectivity index (χ2n) is 7.38. The van der Waals surface area contributed by atoms with Gasteiger partial charge < -0.3 is 19.9 Å². The minimum absolute atomic E-state index is 0.0542. The first-order chi connectivity index (χ1) is 13.7. The predicted octanol–water partition coefficient (Wildman–Crippen LogP) is 0.693. The normalized spacial score (nSPS) is 18.3. The third-order valence-corrected chi connectivity index (χ3v) is 5.43. The lowest BCUT2D eigenvalue weighted by molar-refractivity contribution is 0.0945. The second kappa shape index (κ2) is 8.55. The van der Waals surface area contributed by atoms with Gasteiger partial charge >= 0.3 is 0 Å². The number of nitrogens with one attached hydrogen (secondary N) is 1. The molecule has 2 fully saturated rings. The smallest absolute Gasteiger partial charge is 0.254 e. The average Bonchev–Trinajstić information content (AvgIpc) is 3.19. The van der Waals surface area contributed by atoms with Crippen molar-refractivity contribution in [2.45, 2.75) is 12.8 Å². The SMILES string of the molecule is Cn1cc(C(=O)NCC2CCN(c3cc(N4CCOCC4)ncn3)CC2)cn1. The molecule has 0 atom stereocenters. The Labute approximate surface area is 164 Å². The molecule has 1 N–H and O–H groups in total. The molecule has 2 aliphatic rings. The molecule has 9 heteroatoms. The standard InChI is InChI=1S/C19H27N7O2/c1-24-13-16(12-23-24)19(27)20-11-15-2-4-25(5-3-15)17-10-18(22-14-21-17)26-6-8-28-9-7-26/h10,12-15H,2-9,11H2,1H3,(H,20,27). The molecule has 0 aromatic carbocycles.